The summed E-state index contributed by atoms with van der Waals surface area (Å²) < 4.78 is 84.9. The van der Waals surface area contributed by atoms with Gasteiger partial charge in [0, 0.05) is 85.0 Å². The number of hydrogen-bond acceptors (Lipinski definition) is 11. The van der Waals surface area contributed by atoms with E-state index < -0.39 is 47.9 Å². The molecule has 2 aromatic carbocycles. The Labute approximate surface area is 359 Å². The Morgan fingerprint density at radius 3 is 1.44 bits per heavy atom. The highest BCUT2D eigenvalue weighted by Crippen LogP contribution is 2.38. The molecule has 0 aliphatic carbocycles. The number of aromatic amines is 1. The second-order valence-corrected chi connectivity index (χ2v) is 17.0. The zero-order valence-corrected chi connectivity index (χ0v) is 35.6. The van der Waals surface area contributed by atoms with Gasteiger partial charge in [-0.1, -0.05) is 12.8 Å². The van der Waals surface area contributed by atoms with Crippen LogP contribution in [0.5, 0.6) is 0 Å². The minimum absolute atomic E-state index is 0.0120. The van der Waals surface area contributed by atoms with Gasteiger partial charge in [0.05, 0.1) is 17.0 Å². The van der Waals surface area contributed by atoms with Gasteiger partial charge < -0.3 is 22.6 Å². The van der Waals surface area contributed by atoms with Crippen molar-refractivity contribution in [3.05, 3.63) is 75.1 Å². The number of rotatable bonds is 28. The van der Waals surface area contributed by atoms with E-state index in [0.29, 0.717) is 66.9 Å². The number of benzene rings is 2. The van der Waals surface area contributed by atoms with Gasteiger partial charge in [-0.05, 0) is 91.6 Å². The van der Waals surface area contributed by atoms with Gasteiger partial charge in [-0.3, -0.25) is 29.7 Å². The van der Waals surface area contributed by atoms with E-state index in [1.165, 1.54) is 0 Å². The van der Waals surface area contributed by atoms with Crippen LogP contribution in [0, 0.1) is 10.8 Å². The number of carbonyl (C=O) groups excluding carboxylic acids is 4. The summed E-state index contributed by atoms with van der Waals surface area (Å²) in [6, 6.07) is 4.57. The first kappa shape index (κ1) is 51.0. The number of nitrogens with one attached hydrogen (secondary N) is 3. The van der Waals surface area contributed by atoms with Crippen molar-refractivity contribution in [2.24, 2.45) is 17.2 Å². The normalized spacial score (nSPS) is 11.8. The van der Waals surface area contributed by atoms with Crippen LogP contribution in [0.3, 0.4) is 0 Å². The molecule has 0 amide bonds. The van der Waals surface area contributed by atoms with E-state index in [1.807, 2.05) is 0 Å². The lowest BCUT2D eigenvalue weighted by Gasteiger charge is -2.18. The maximum atomic E-state index is 14.2. The van der Waals surface area contributed by atoms with E-state index in [1.54, 1.807) is 6.92 Å². The molecule has 9 N–H and O–H groups in total. The highest BCUT2D eigenvalue weighted by atomic mass is 32.2. The van der Waals surface area contributed by atoms with Crippen molar-refractivity contribution in [1.29, 1.82) is 10.8 Å². The predicted octanol–water partition coefficient (Wildman–Crippen LogP) is 8.50. The molecule has 0 aliphatic rings. The Bertz CT molecular complexity index is 1900. The van der Waals surface area contributed by atoms with Crippen LogP contribution in [-0.4, -0.2) is 69.5 Å². The molecule has 0 saturated carbocycles. The Balaban J connectivity index is 1.90. The second-order valence-electron chi connectivity index (χ2n) is 14.7. The van der Waals surface area contributed by atoms with Gasteiger partial charge in [-0.15, -0.1) is 23.5 Å². The van der Waals surface area contributed by atoms with Crippen molar-refractivity contribution in [1.82, 2.24) is 10.2 Å². The van der Waals surface area contributed by atoms with Gasteiger partial charge >= 0.3 is 12.4 Å². The van der Waals surface area contributed by atoms with Crippen LogP contribution in [-0.2, 0) is 47.6 Å². The number of Topliss-reactive ketones (excluding diaryl/α,β-unsaturated/α-hetero) is 4. The number of nitrogens with zero attached hydrogens (tertiary/aromatic N) is 1. The lowest BCUT2D eigenvalue weighted by atomic mass is 9.95. The summed E-state index contributed by atoms with van der Waals surface area (Å²) in [6.07, 6.45) is -6.68. The van der Waals surface area contributed by atoms with E-state index in [0.717, 1.165) is 53.9 Å². The van der Waals surface area contributed by atoms with Crippen LogP contribution in [0.15, 0.2) is 40.1 Å². The van der Waals surface area contributed by atoms with Crippen LogP contribution in [0.4, 0.5) is 26.3 Å². The number of aromatic nitrogens is 2. The quantitative estimate of drug-likeness (QED) is 0.0102. The third-order valence-corrected chi connectivity index (χ3v) is 11.9. The fourth-order valence-corrected chi connectivity index (χ4v) is 8.41. The van der Waals surface area contributed by atoms with Crippen LogP contribution in [0.25, 0.3) is 0 Å². The van der Waals surface area contributed by atoms with Crippen molar-refractivity contribution in [2.45, 2.75) is 119 Å². The Kier molecular flexibility index (Phi) is 20.4. The zero-order valence-electron chi connectivity index (χ0n) is 34.0. The average molecular weight is 898 g/mol. The Morgan fingerprint density at radius 2 is 1.03 bits per heavy atom. The minimum Gasteiger partial charge on any atom is -0.388 e. The molecular formula is C42H53F6N7O4S2. The van der Waals surface area contributed by atoms with E-state index >= 15 is 0 Å². The molecule has 0 aliphatic heterocycles. The number of halogens is 6. The standard InChI is InChI=1S/C42H53F6N7O4S2/c1-25(51)8-4-2-5-9-32(56)20-26-16-30(41(43,44)45)18-28(39(26)60-14-12-49)22-36(58)34-24-35(55-54-34)37(59)23-29-19-31(42(46,47)48)17-27(40(29)61-15-13-50)21-33(57)10-6-3-7-11-38(52)53/h16-19,24,51H,2-15,20-23,49-50H2,1H3,(H3,52,53)(H,54,55). The van der Waals surface area contributed by atoms with E-state index in [9.17, 15) is 45.5 Å². The number of ketones is 4. The van der Waals surface area contributed by atoms with E-state index in [2.05, 4.69) is 10.2 Å². The molecule has 334 valence electrons. The van der Waals surface area contributed by atoms with Crippen LogP contribution >= 0.6 is 23.5 Å². The van der Waals surface area contributed by atoms with Gasteiger partial charge in [0.1, 0.15) is 23.0 Å². The first-order valence-electron chi connectivity index (χ1n) is 19.9. The fraction of sp³-hybridized carbons (Fsp3) is 0.500. The molecule has 0 saturated heterocycles. The molecule has 0 unspecified atom stereocenters. The topological polar surface area (TPSA) is 223 Å². The van der Waals surface area contributed by atoms with Crippen LogP contribution < -0.4 is 17.2 Å². The van der Waals surface area contributed by atoms with E-state index in [4.69, 9.17) is 28.0 Å². The first-order chi connectivity index (χ1) is 28.7. The number of carbonyl (C=O) groups is 4. The maximum Gasteiger partial charge on any atom is 0.416 e. The minimum atomic E-state index is -4.81. The number of thioether (sulfide) groups is 2. The highest BCUT2D eigenvalue weighted by Gasteiger charge is 2.34. The molecule has 61 heavy (non-hydrogen) atoms. The molecule has 11 nitrogen and oxygen atoms in total. The first-order valence-corrected chi connectivity index (χ1v) is 21.8. The van der Waals surface area contributed by atoms with Crippen molar-refractivity contribution >= 4 is 58.2 Å². The molecule has 0 bridgehead atoms. The molecule has 0 spiro atoms. The molecule has 1 aromatic heterocycles. The number of H-pyrrole nitrogens is 1. The lowest BCUT2D eigenvalue weighted by Crippen LogP contribution is -2.14. The monoisotopic (exact) mass is 897 g/mol. The van der Waals surface area contributed by atoms with Gasteiger partial charge in [0.15, 0.2) is 11.6 Å². The van der Waals surface area contributed by atoms with Crippen molar-refractivity contribution in [3.8, 4) is 0 Å². The van der Waals surface area contributed by atoms with Crippen molar-refractivity contribution < 1.29 is 45.5 Å². The third-order valence-electron chi connectivity index (χ3n) is 9.42. The summed E-state index contributed by atoms with van der Waals surface area (Å²) in [7, 11) is 0. The second kappa shape index (κ2) is 24.3. The maximum absolute atomic E-state index is 14.2. The van der Waals surface area contributed by atoms with Gasteiger partial charge in [0.2, 0.25) is 0 Å². The average Bonchev–Trinajstić information content (AvgIpc) is 3.67. The number of hydrogen-bond donors (Lipinski definition) is 6. The van der Waals surface area contributed by atoms with Gasteiger partial charge in [0.25, 0.3) is 0 Å². The molecule has 0 radical (unpaired) electrons. The fourth-order valence-electron chi connectivity index (χ4n) is 6.50. The number of amidine groups is 1. The van der Waals surface area contributed by atoms with E-state index in [-0.39, 0.29) is 101 Å². The largest absolute Gasteiger partial charge is 0.416 e. The highest BCUT2D eigenvalue weighted by molar-refractivity contribution is 7.99. The summed E-state index contributed by atoms with van der Waals surface area (Å²) in [6.45, 7) is 1.99. The van der Waals surface area contributed by atoms with Gasteiger partial charge in [-0.25, -0.2) is 0 Å². The van der Waals surface area contributed by atoms with Crippen molar-refractivity contribution in [3.63, 3.8) is 0 Å². The Hall–Kier alpha value is -4.33. The van der Waals surface area contributed by atoms with Crippen molar-refractivity contribution in [2.75, 3.05) is 24.6 Å². The predicted molar refractivity (Wildman–Crippen MR) is 226 cm³/mol. The van der Waals surface area contributed by atoms with Crippen LogP contribution in [0.1, 0.15) is 125 Å². The molecular weight excluding hydrogens is 845 g/mol. The summed E-state index contributed by atoms with van der Waals surface area (Å²) >= 11 is 2.22. The molecule has 19 heteroatoms. The molecule has 0 fully saturated rings. The molecule has 3 rings (SSSR count). The zero-order chi connectivity index (χ0) is 45.3. The number of unbranched alkanes of at least 4 members (excludes halogenated alkanes) is 4. The lowest BCUT2D eigenvalue weighted by molar-refractivity contribution is -0.138. The Morgan fingerprint density at radius 1 is 0.623 bits per heavy atom. The summed E-state index contributed by atoms with van der Waals surface area (Å²) in [4.78, 5) is 53.8. The SMILES string of the molecule is CC(=N)CCCCCC(=O)Cc1cc(C(F)(F)F)cc(CC(=O)c2cc(C(=O)Cc3cc(C(F)(F)F)cc(CC(=O)CCCCCC(=N)N)c3SCCN)[nH]n2)c1SCCN. The molecule has 1 heterocycles. The van der Waals surface area contributed by atoms with Crippen LogP contribution in [0.2, 0.25) is 0 Å². The van der Waals surface area contributed by atoms with Gasteiger partial charge in [-0.2, -0.15) is 31.4 Å². The summed E-state index contributed by atoms with van der Waals surface area (Å²) in [5.41, 5.74) is 14.8. The smallest absolute Gasteiger partial charge is 0.388 e. The summed E-state index contributed by atoms with van der Waals surface area (Å²) in [5.74, 6) is -1.53. The number of alkyl halides is 6. The number of nitrogens with two attached hydrogens (primary N) is 3. The third kappa shape index (κ3) is 17.2. The molecule has 0 atom stereocenters. The summed E-state index contributed by atoms with van der Waals surface area (Å²) in [5, 5.41) is 21.2. The molecule has 3 aromatic rings.